The SMILES string of the molecule is Cc1cncc(-c2ccc(-c3ccc4c(ccc5c6ccc(-c7ccc8ccccc8c7)cc6n(-c6ccccc6)c45)c3)nc2)c1. The summed E-state index contributed by atoms with van der Waals surface area (Å²) in [5.41, 5.74) is 11.3. The Hall–Kier alpha value is -6.06. The van der Waals surface area contributed by atoms with Crippen LogP contribution < -0.4 is 0 Å². The van der Waals surface area contributed by atoms with Crippen molar-refractivity contribution in [3.8, 4) is 39.2 Å². The molecule has 0 aliphatic rings. The zero-order chi connectivity index (χ0) is 30.6. The smallest absolute Gasteiger partial charge is 0.0702 e. The third-order valence-corrected chi connectivity index (χ3v) is 9.11. The predicted octanol–water partition coefficient (Wildman–Crippen LogP) is 11.2. The number of fused-ring (bicyclic) bond motifs is 6. The van der Waals surface area contributed by atoms with E-state index in [1.165, 1.54) is 54.5 Å². The number of nitrogens with zero attached hydrogens (tertiary/aromatic N) is 3. The zero-order valence-electron chi connectivity index (χ0n) is 25.4. The lowest BCUT2D eigenvalue weighted by Crippen LogP contribution is -1.94. The van der Waals surface area contributed by atoms with Gasteiger partial charge in [-0.15, -0.1) is 0 Å². The van der Waals surface area contributed by atoms with E-state index in [2.05, 4.69) is 156 Å². The number of benzene rings is 6. The van der Waals surface area contributed by atoms with E-state index >= 15 is 0 Å². The minimum absolute atomic E-state index is 0.954. The molecule has 3 heteroatoms. The summed E-state index contributed by atoms with van der Waals surface area (Å²) in [4.78, 5) is 9.19. The van der Waals surface area contributed by atoms with Crippen LogP contribution in [0.15, 0.2) is 158 Å². The maximum atomic E-state index is 4.85. The molecule has 9 rings (SSSR count). The average molecular weight is 588 g/mol. The third kappa shape index (κ3) is 4.36. The van der Waals surface area contributed by atoms with Crippen molar-refractivity contribution in [2.75, 3.05) is 0 Å². The lowest BCUT2D eigenvalue weighted by molar-refractivity contribution is 1.19. The monoisotopic (exact) mass is 587 g/mol. The summed E-state index contributed by atoms with van der Waals surface area (Å²) in [5, 5.41) is 7.41. The molecule has 0 radical (unpaired) electrons. The first-order valence-electron chi connectivity index (χ1n) is 15.6. The molecule has 6 aromatic carbocycles. The highest BCUT2D eigenvalue weighted by Crippen LogP contribution is 2.39. The Morgan fingerprint density at radius 2 is 1.15 bits per heavy atom. The van der Waals surface area contributed by atoms with Gasteiger partial charge in [-0.2, -0.15) is 0 Å². The molecule has 0 saturated carbocycles. The van der Waals surface area contributed by atoms with E-state index in [0.29, 0.717) is 0 Å². The van der Waals surface area contributed by atoms with Crippen molar-refractivity contribution in [2.45, 2.75) is 6.92 Å². The molecule has 0 fully saturated rings. The van der Waals surface area contributed by atoms with Crippen molar-refractivity contribution < 1.29 is 0 Å². The van der Waals surface area contributed by atoms with E-state index in [9.17, 15) is 0 Å². The first-order chi connectivity index (χ1) is 22.7. The van der Waals surface area contributed by atoms with E-state index in [0.717, 1.165) is 33.6 Å². The van der Waals surface area contributed by atoms with E-state index in [1.807, 2.05) is 18.6 Å². The Labute approximate surface area is 267 Å². The van der Waals surface area contributed by atoms with Gasteiger partial charge in [-0.25, -0.2) is 0 Å². The molecule has 46 heavy (non-hydrogen) atoms. The second-order valence-electron chi connectivity index (χ2n) is 12.0. The molecule has 0 unspecified atom stereocenters. The predicted molar refractivity (Wildman–Crippen MR) is 192 cm³/mol. The number of rotatable bonds is 4. The molecule has 9 aromatic rings. The third-order valence-electron chi connectivity index (χ3n) is 9.11. The fraction of sp³-hybridized carbons (Fsp3) is 0.0233. The van der Waals surface area contributed by atoms with Gasteiger partial charge >= 0.3 is 0 Å². The maximum Gasteiger partial charge on any atom is 0.0702 e. The topological polar surface area (TPSA) is 30.7 Å². The molecular weight excluding hydrogens is 558 g/mol. The van der Waals surface area contributed by atoms with Crippen molar-refractivity contribution in [3.63, 3.8) is 0 Å². The van der Waals surface area contributed by atoms with Crippen LogP contribution >= 0.6 is 0 Å². The summed E-state index contributed by atoms with van der Waals surface area (Å²) in [6, 6.07) is 50.5. The summed E-state index contributed by atoms with van der Waals surface area (Å²) in [6.45, 7) is 2.06. The Kier molecular flexibility index (Phi) is 6.04. The molecule has 0 amide bonds. The highest BCUT2D eigenvalue weighted by molar-refractivity contribution is 6.19. The Morgan fingerprint density at radius 3 is 2.00 bits per heavy atom. The van der Waals surface area contributed by atoms with Gasteiger partial charge in [-0.1, -0.05) is 97.1 Å². The van der Waals surface area contributed by atoms with Crippen molar-refractivity contribution in [1.82, 2.24) is 14.5 Å². The molecule has 0 spiro atoms. The van der Waals surface area contributed by atoms with Crippen LogP contribution in [0.25, 0.3) is 82.5 Å². The minimum atomic E-state index is 0.954. The molecule has 3 aromatic heterocycles. The fourth-order valence-corrected chi connectivity index (χ4v) is 6.84. The molecule has 0 aliphatic heterocycles. The molecule has 0 saturated heterocycles. The maximum absolute atomic E-state index is 4.85. The first kappa shape index (κ1) is 26.4. The van der Waals surface area contributed by atoms with Gasteiger partial charge < -0.3 is 4.57 Å². The molecule has 0 atom stereocenters. The highest BCUT2D eigenvalue weighted by atomic mass is 15.0. The van der Waals surface area contributed by atoms with Crippen molar-refractivity contribution >= 4 is 43.4 Å². The van der Waals surface area contributed by atoms with Crippen LogP contribution in [0.5, 0.6) is 0 Å². The number of para-hydroxylation sites is 1. The van der Waals surface area contributed by atoms with Gasteiger partial charge in [-0.3, -0.25) is 9.97 Å². The van der Waals surface area contributed by atoms with Crippen molar-refractivity contribution in [3.05, 3.63) is 164 Å². The Morgan fingerprint density at radius 1 is 0.457 bits per heavy atom. The highest BCUT2D eigenvalue weighted by Gasteiger charge is 2.17. The van der Waals surface area contributed by atoms with E-state index in [1.54, 1.807) is 0 Å². The molecule has 3 heterocycles. The van der Waals surface area contributed by atoms with Crippen LogP contribution in [0.3, 0.4) is 0 Å². The summed E-state index contributed by atoms with van der Waals surface area (Å²) >= 11 is 0. The van der Waals surface area contributed by atoms with Crippen LogP contribution in [0.4, 0.5) is 0 Å². The average Bonchev–Trinajstić information content (AvgIpc) is 3.46. The number of aromatic nitrogens is 3. The standard InChI is InChI=1S/C43H29N3/c1-28-21-36(26-44-25-28)35-16-20-41(45-27-35)34-15-17-38-33(23-34)14-19-40-39-18-13-32(31-12-11-29-7-5-6-8-30(29)22-31)24-42(39)46(43(38)40)37-9-3-2-4-10-37/h2-27H,1H3. The van der Waals surface area contributed by atoms with Gasteiger partial charge in [0.25, 0.3) is 0 Å². The van der Waals surface area contributed by atoms with Crippen LogP contribution in [0, 0.1) is 6.92 Å². The van der Waals surface area contributed by atoms with Gasteiger partial charge in [0.1, 0.15) is 0 Å². The molecule has 216 valence electrons. The van der Waals surface area contributed by atoms with Gasteiger partial charge in [-0.05, 0) is 82.2 Å². The lowest BCUT2D eigenvalue weighted by atomic mass is 9.99. The van der Waals surface area contributed by atoms with Crippen molar-refractivity contribution in [1.29, 1.82) is 0 Å². The Bertz CT molecular complexity index is 2580. The summed E-state index contributed by atoms with van der Waals surface area (Å²) in [7, 11) is 0. The molecule has 3 nitrogen and oxygen atoms in total. The van der Waals surface area contributed by atoms with Crippen LogP contribution in [0.2, 0.25) is 0 Å². The molecular formula is C43H29N3. The summed E-state index contributed by atoms with van der Waals surface area (Å²) < 4.78 is 2.43. The van der Waals surface area contributed by atoms with Crippen LogP contribution in [-0.2, 0) is 0 Å². The van der Waals surface area contributed by atoms with Gasteiger partial charge in [0, 0.05) is 57.1 Å². The number of hydrogen-bond acceptors (Lipinski definition) is 2. The van der Waals surface area contributed by atoms with E-state index in [4.69, 9.17) is 4.98 Å². The van der Waals surface area contributed by atoms with Gasteiger partial charge in [0.05, 0.1) is 16.7 Å². The molecule has 0 bridgehead atoms. The van der Waals surface area contributed by atoms with Crippen molar-refractivity contribution in [2.24, 2.45) is 0 Å². The van der Waals surface area contributed by atoms with E-state index < -0.39 is 0 Å². The van der Waals surface area contributed by atoms with Gasteiger partial charge in [0.2, 0.25) is 0 Å². The van der Waals surface area contributed by atoms with Gasteiger partial charge in [0.15, 0.2) is 0 Å². The second-order valence-corrected chi connectivity index (χ2v) is 12.0. The first-order valence-corrected chi connectivity index (χ1v) is 15.6. The second kappa shape index (κ2) is 10.5. The Balaban J connectivity index is 1.21. The summed E-state index contributed by atoms with van der Waals surface area (Å²) in [6.07, 6.45) is 5.71. The quantitative estimate of drug-likeness (QED) is 0.205. The summed E-state index contributed by atoms with van der Waals surface area (Å²) in [5.74, 6) is 0. The van der Waals surface area contributed by atoms with Crippen LogP contribution in [-0.4, -0.2) is 14.5 Å². The zero-order valence-corrected chi connectivity index (χ0v) is 25.4. The fourth-order valence-electron chi connectivity index (χ4n) is 6.84. The number of pyridine rings is 2. The number of hydrogen-bond donors (Lipinski definition) is 0. The molecule has 0 aliphatic carbocycles. The number of aryl methyl sites for hydroxylation is 1. The molecule has 0 N–H and O–H groups in total. The normalized spacial score (nSPS) is 11.6. The van der Waals surface area contributed by atoms with Crippen LogP contribution in [0.1, 0.15) is 5.56 Å². The largest absolute Gasteiger partial charge is 0.309 e. The minimum Gasteiger partial charge on any atom is -0.309 e. The van der Waals surface area contributed by atoms with E-state index in [-0.39, 0.29) is 0 Å². The lowest BCUT2D eigenvalue weighted by Gasteiger charge is -2.11.